The van der Waals surface area contributed by atoms with E-state index >= 15 is 0 Å². The van der Waals surface area contributed by atoms with E-state index in [2.05, 4.69) is 10.3 Å². The first-order chi connectivity index (χ1) is 7.66. The van der Waals surface area contributed by atoms with E-state index in [1.807, 2.05) is 31.2 Å². The zero-order valence-corrected chi connectivity index (χ0v) is 9.15. The third kappa shape index (κ3) is 2.11. The Balaban J connectivity index is 2.17. The van der Waals surface area contributed by atoms with Crippen molar-refractivity contribution in [2.75, 3.05) is 5.32 Å². The number of benzene rings is 1. The second kappa shape index (κ2) is 4.18. The van der Waals surface area contributed by atoms with Gasteiger partial charge >= 0.3 is 0 Å². The Kier molecular flexibility index (Phi) is 2.72. The smallest absolute Gasteiger partial charge is 0.277 e. The molecule has 0 fully saturated rings. The molecule has 0 saturated heterocycles. The Hall–Kier alpha value is -2.10. The Bertz CT molecular complexity index is 517. The number of carbonyl (C=O) groups excluding carboxylic acids is 1. The van der Waals surface area contributed by atoms with E-state index in [-0.39, 0.29) is 5.91 Å². The largest absolute Gasteiger partial charge is 0.448 e. The lowest BCUT2D eigenvalue weighted by Crippen LogP contribution is -2.13. The summed E-state index contributed by atoms with van der Waals surface area (Å²) in [5.74, 6) is 0.223. The Labute approximate surface area is 93.3 Å². The van der Waals surface area contributed by atoms with Crippen LogP contribution in [0.2, 0.25) is 0 Å². The lowest BCUT2D eigenvalue weighted by molar-refractivity contribution is 0.102. The van der Waals surface area contributed by atoms with Crippen LogP contribution in [0.3, 0.4) is 0 Å². The van der Waals surface area contributed by atoms with Crippen LogP contribution >= 0.6 is 0 Å². The molecule has 2 rings (SSSR count). The molecule has 0 aliphatic rings. The average molecular weight is 216 g/mol. The van der Waals surface area contributed by atoms with Gasteiger partial charge in [-0.05, 0) is 18.6 Å². The molecule has 0 saturated carbocycles. The lowest BCUT2D eigenvalue weighted by Gasteiger charge is -2.05. The van der Waals surface area contributed by atoms with Crippen LogP contribution in [0.4, 0.5) is 5.69 Å². The summed E-state index contributed by atoms with van der Waals surface area (Å²) in [5, 5.41) is 2.78. The Morgan fingerprint density at radius 1 is 1.31 bits per heavy atom. The van der Waals surface area contributed by atoms with Gasteiger partial charge in [0.1, 0.15) is 6.26 Å². The second-order valence-electron chi connectivity index (χ2n) is 3.52. The number of hydrogen-bond donors (Lipinski definition) is 1. The molecule has 1 aromatic heterocycles. The van der Waals surface area contributed by atoms with Gasteiger partial charge < -0.3 is 9.73 Å². The molecule has 1 heterocycles. The fourth-order valence-corrected chi connectivity index (χ4v) is 1.37. The maximum absolute atomic E-state index is 11.7. The van der Waals surface area contributed by atoms with Crippen molar-refractivity contribution < 1.29 is 9.21 Å². The molecular formula is C12H12N2O2. The predicted molar refractivity (Wildman–Crippen MR) is 60.4 cm³/mol. The second-order valence-corrected chi connectivity index (χ2v) is 3.52. The summed E-state index contributed by atoms with van der Waals surface area (Å²) < 4.78 is 4.98. The number of hydrogen-bond acceptors (Lipinski definition) is 3. The molecule has 0 atom stereocenters. The van der Waals surface area contributed by atoms with Crippen molar-refractivity contribution in [2.45, 2.75) is 13.8 Å². The first kappa shape index (κ1) is 10.4. The maximum atomic E-state index is 11.7. The highest BCUT2D eigenvalue weighted by molar-refractivity contribution is 6.03. The molecule has 0 aliphatic heterocycles. The zero-order chi connectivity index (χ0) is 11.5. The molecule has 4 nitrogen and oxygen atoms in total. The van der Waals surface area contributed by atoms with Crippen LogP contribution in [0.1, 0.15) is 21.9 Å². The topological polar surface area (TPSA) is 55.1 Å². The molecule has 16 heavy (non-hydrogen) atoms. The van der Waals surface area contributed by atoms with Gasteiger partial charge in [-0.3, -0.25) is 4.79 Å². The molecule has 2 aromatic rings. The monoisotopic (exact) mass is 216 g/mol. The van der Waals surface area contributed by atoms with Crippen LogP contribution in [-0.2, 0) is 0 Å². The highest BCUT2D eigenvalue weighted by Crippen LogP contribution is 2.14. The highest BCUT2D eigenvalue weighted by Gasteiger charge is 2.11. The van der Waals surface area contributed by atoms with Crippen molar-refractivity contribution in [3.63, 3.8) is 0 Å². The van der Waals surface area contributed by atoms with Gasteiger partial charge in [0.25, 0.3) is 5.91 Å². The van der Waals surface area contributed by atoms with Crippen molar-refractivity contribution in [3.8, 4) is 0 Å². The molecule has 1 aromatic carbocycles. The van der Waals surface area contributed by atoms with E-state index in [0.29, 0.717) is 11.6 Å². The van der Waals surface area contributed by atoms with Gasteiger partial charge in [0.15, 0.2) is 11.6 Å². The van der Waals surface area contributed by atoms with Gasteiger partial charge in [0.2, 0.25) is 0 Å². The van der Waals surface area contributed by atoms with Crippen molar-refractivity contribution in [2.24, 2.45) is 0 Å². The lowest BCUT2D eigenvalue weighted by atomic mass is 10.2. The minimum atomic E-state index is -0.258. The average Bonchev–Trinajstić information content (AvgIpc) is 2.68. The molecule has 1 N–H and O–H groups in total. The third-order valence-corrected chi connectivity index (χ3v) is 2.24. The number of aromatic nitrogens is 1. The normalized spacial score (nSPS) is 10.1. The number of aryl methyl sites for hydroxylation is 2. The van der Waals surface area contributed by atoms with Gasteiger partial charge in [-0.15, -0.1) is 0 Å². The third-order valence-electron chi connectivity index (χ3n) is 2.24. The summed E-state index contributed by atoms with van der Waals surface area (Å²) >= 11 is 0. The number of nitrogens with one attached hydrogen (secondary N) is 1. The van der Waals surface area contributed by atoms with E-state index in [1.165, 1.54) is 6.26 Å². The number of nitrogens with zero attached hydrogens (tertiary/aromatic N) is 1. The van der Waals surface area contributed by atoms with Gasteiger partial charge in [0, 0.05) is 12.6 Å². The number of anilines is 1. The Morgan fingerprint density at radius 2 is 2.06 bits per heavy atom. The van der Waals surface area contributed by atoms with E-state index < -0.39 is 0 Å². The minimum Gasteiger partial charge on any atom is -0.448 e. The SMILES string of the molecule is Cc1nc(C(=O)Nc2ccccc2C)co1. The molecule has 4 heteroatoms. The molecule has 0 unspecified atom stereocenters. The highest BCUT2D eigenvalue weighted by atomic mass is 16.3. The van der Waals surface area contributed by atoms with E-state index in [1.54, 1.807) is 6.92 Å². The van der Waals surface area contributed by atoms with Crippen LogP contribution < -0.4 is 5.32 Å². The van der Waals surface area contributed by atoms with Crippen LogP contribution in [0, 0.1) is 13.8 Å². The zero-order valence-electron chi connectivity index (χ0n) is 9.15. The van der Waals surface area contributed by atoms with Gasteiger partial charge in [0.05, 0.1) is 0 Å². The standard InChI is InChI=1S/C12H12N2O2/c1-8-5-3-4-6-10(8)14-12(15)11-7-16-9(2)13-11/h3-7H,1-2H3,(H,14,15). The summed E-state index contributed by atoms with van der Waals surface area (Å²) in [6.07, 6.45) is 1.35. The van der Waals surface area contributed by atoms with Crippen LogP contribution in [0.25, 0.3) is 0 Å². The van der Waals surface area contributed by atoms with Gasteiger partial charge in [-0.2, -0.15) is 0 Å². The van der Waals surface area contributed by atoms with E-state index in [0.717, 1.165) is 11.3 Å². The fourth-order valence-electron chi connectivity index (χ4n) is 1.37. The number of oxazole rings is 1. The molecule has 0 spiro atoms. The van der Waals surface area contributed by atoms with E-state index in [4.69, 9.17) is 4.42 Å². The maximum Gasteiger partial charge on any atom is 0.277 e. The minimum absolute atomic E-state index is 0.258. The summed E-state index contributed by atoms with van der Waals surface area (Å²) in [4.78, 5) is 15.7. The van der Waals surface area contributed by atoms with Crippen molar-refractivity contribution >= 4 is 11.6 Å². The fraction of sp³-hybridized carbons (Fsp3) is 0.167. The van der Waals surface area contributed by atoms with Crippen LogP contribution in [-0.4, -0.2) is 10.9 Å². The number of carbonyl (C=O) groups is 1. The summed E-state index contributed by atoms with van der Waals surface area (Å²) in [7, 11) is 0. The number of rotatable bonds is 2. The molecule has 0 bridgehead atoms. The quantitative estimate of drug-likeness (QED) is 0.839. The summed E-state index contributed by atoms with van der Waals surface area (Å²) in [6, 6.07) is 7.58. The number of para-hydroxylation sites is 1. The molecule has 1 amide bonds. The predicted octanol–water partition coefficient (Wildman–Crippen LogP) is 2.54. The molecule has 82 valence electrons. The van der Waals surface area contributed by atoms with Gasteiger partial charge in [-0.1, -0.05) is 18.2 Å². The number of amides is 1. The van der Waals surface area contributed by atoms with Crippen LogP contribution in [0.5, 0.6) is 0 Å². The Morgan fingerprint density at radius 3 is 2.69 bits per heavy atom. The summed E-state index contributed by atoms with van der Waals surface area (Å²) in [6.45, 7) is 3.63. The van der Waals surface area contributed by atoms with Crippen molar-refractivity contribution in [1.29, 1.82) is 0 Å². The first-order valence-electron chi connectivity index (χ1n) is 4.96. The van der Waals surface area contributed by atoms with Crippen molar-refractivity contribution in [3.05, 3.63) is 47.7 Å². The summed E-state index contributed by atoms with van der Waals surface area (Å²) in [5.41, 5.74) is 2.09. The van der Waals surface area contributed by atoms with Crippen molar-refractivity contribution in [1.82, 2.24) is 4.98 Å². The molecular weight excluding hydrogens is 204 g/mol. The molecule has 0 aliphatic carbocycles. The van der Waals surface area contributed by atoms with E-state index in [9.17, 15) is 4.79 Å². The van der Waals surface area contributed by atoms with Gasteiger partial charge in [-0.25, -0.2) is 4.98 Å². The molecule has 0 radical (unpaired) electrons. The van der Waals surface area contributed by atoms with Crippen LogP contribution in [0.15, 0.2) is 34.9 Å². The first-order valence-corrected chi connectivity index (χ1v) is 4.96.